The van der Waals surface area contributed by atoms with Crippen molar-refractivity contribution in [3.63, 3.8) is 0 Å². The molecule has 1 nitrogen and oxygen atoms in total. The molecule has 2 fully saturated rings. The van der Waals surface area contributed by atoms with Crippen LogP contribution in [0.4, 0.5) is 0 Å². The van der Waals surface area contributed by atoms with Crippen LogP contribution in [-0.4, -0.2) is 13.2 Å². The molecule has 0 radical (unpaired) electrons. The number of hydrogen-bond acceptors (Lipinski definition) is 1. The Morgan fingerprint density at radius 3 is 1.73 bits per heavy atom. The molecule has 2 aliphatic rings. The normalized spacial score (nSPS) is 20.0. The topological polar surface area (TPSA) is 9.23 Å². The SMILES string of the molecule is C(COCC=C1CC1)=C1CC1. The fourth-order valence-electron chi connectivity index (χ4n) is 0.974. The van der Waals surface area contributed by atoms with Gasteiger partial charge in [0.25, 0.3) is 0 Å². The van der Waals surface area contributed by atoms with E-state index in [0.717, 1.165) is 13.2 Å². The zero-order valence-electron chi connectivity index (χ0n) is 6.81. The maximum atomic E-state index is 5.38. The highest BCUT2D eigenvalue weighted by atomic mass is 16.5. The van der Waals surface area contributed by atoms with Crippen molar-refractivity contribution >= 4 is 0 Å². The van der Waals surface area contributed by atoms with Crippen LogP contribution < -0.4 is 0 Å². The van der Waals surface area contributed by atoms with Gasteiger partial charge in [0.05, 0.1) is 13.2 Å². The predicted octanol–water partition coefficient (Wildman–Crippen LogP) is 2.44. The molecule has 0 atom stereocenters. The minimum absolute atomic E-state index is 0.819. The highest BCUT2D eigenvalue weighted by Crippen LogP contribution is 2.27. The molecule has 0 N–H and O–H groups in total. The van der Waals surface area contributed by atoms with Crippen molar-refractivity contribution in [3.8, 4) is 0 Å². The van der Waals surface area contributed by atoms with Gasteiger partial charge in [-0.15, -0.1) is 0 Å². The molecule has 0 aromatic carbocycles. The molecule has 11 heavy (non-hydrogen) atoms. The summed E-state index contributed by atoms with van der Waals surface area (Å²) >= 11 is 0. The molecular formula is C10H14O. The van der Waals surface area contributed by atoms with Crippen LogP contribution in [0.15, 0.2) is 23.3 Å². The van der Waals surface area contributed by atoms with Gasteiger partial charge in [0.2, 0.25) is 0 Å². The fourth-order valence-corrected chi connectivity index (χ4v) is 0.974. The summed E-state index contributed by atoms with van der Waals surface area (Å²) in [5.74, 6) is 0. The molecule has 2 aliphatic carbocycles. The second-order valence-corrected chi connectivity index (χ2v) is 3.26. The molecule has 1 heteroatoms. The van der Waals surface area contributed by atoms with E-state index in [4.69, 9.17) is 4.74 Å². The van der Waals surface area contributed by atoms with E-state index in [-0.39, 0.29) is 0 Å². The molecule has 0 amide bonds. The van der Waals surface area contributed by atoms with Crippen LogP contribution in [0.2, 0.25) is 0 Å². The molecule has 0 saturated heterocycles. The molecule has 60 valence electrons. The lowest BCUT2D eigenvalue weighted by atomic mass is 10.5. The van der Waals surface area contributed by atoms with Gasteiger partial charge in [-0.25, -0.2) is 0 Å². The van der Waals surface area contributed by atoms with Crippen molar-refractivity contribution < 1.29 is 4.74 Å². The molecule has 2 saturated carbocycles. The third-order valence-corrected chi connectivity index (χ3v) is 2.06. The first kappa shape index (κ1) is 7.11. The quantitative estimate of drug-likeness (QED) is 0.442. The zero-order valence-corrected chi connectivity index (χ0v) is 6.81. The van der Waals surface area contributed by atoms with Gasteiger partial charge in [-0.05, 0) is 25.7 Å². The van der Waals surface area contributed by atoms with E-state index >= 15 is 0 Å². The van der Waals surface area contributed by atoms with Gasteiger partial charge in [0.15, 0.2) is 0 Å². The monoisotopic (exact) mass is 150 g/mol. The van der Waals surface area contributed by atoms with Crippen molar-refractivity contribution in [1.29, 1.82) is 0 Å². The van der Waals surface area contributed by atoms with Gasteiger partial charge in [-0.2, -0.15) is 0 Å². The van der Waals surface area contributed by atoms with E-state index in [2.05, 4.69) is 12.2 Å². The summed E-state index contributed by atoms with van der Waals surface area (Å²) in [5.41, 5.74) is 3.15. The third kappa shape index (κ3) is 2.89. The highest BCUT2D eigenvalue weighted by Gasteiger charge is 2.10. The Morgan fingerprint density at radius 2 is 1.36 bits per heavy atom. The van der Waals surface area contributed by atoms with Crippen LogP contribution in [0, 0.1) is 0 Å². The van der Waals surface area contributed by atoms with Crippen LogP contribution in [0.3, 0.4) is 0 Å². The van der Waals surface area contributed by atoms with Gasteiger partial charge in [0, 0.05) is 0 Å². The van der Waals surface area contributed by atoms with Gasteiger partial charge in [-0.1, -0.05) is 23.3 Å². The maximum Gasteiger partial charge on any atom is 0.0654 e. The summed E-state index contributed by atoms with van der Waals surface area (Å²) in [6, 6.07) is 0. The second kappa shape index (κ2) is 3.22. The molecule has 0 heterocycles. The van der Waals surface area contributed by atoms with Gasteiger partial charge in [-0.3, -0.25) is 0 Å². The number of allylic oxidation sites excluding steroid dienone is 2. The van der Waals surface area contributed by atoms with Crippen LogP contribution in [0.1, 0.15) is 25.7 Å². The van der Waals surface area contributed by atoms with Gasteiger partial charge < -0.3 is 4.74 Å². The summed E-state index contributed by atoms with van der Waals surface area (Å²) in [5, 5.41) is 0. The van der Waals surface area contributed by atoms with E-state index in [1.165, 1.54) is 25.7 Å². The summed E-state index contributed by atoms with van der Waals surface area (Å²) < 4.78 is 5.38. The fraction of sp³-hybridized carbons (Fsp3) is 0.600. The minimum Gasteiger partial charge on any atom is -0.373 e. The third-order valence-electron chi connectivity index (χ3n) is 2.06. The predicted molar refractivity (Wildman–Crippen MR) is 45.5 cm³/mol. The largest absolute Gasteiger partial charge is 0.373 e. The lowest BCUT2D eigenvalue weighted by molar-refractivity contribution is 0.193. The van der Waals surface area contributed by atoms with E-state index in [1.807, 2.05) is 0 Å². The molecule has 0 aliphatic heterocycles. The highest BCUT2D eigenvalue weighted by molar-refractivity contribution is 5.17. The van der Waals surface area contributed by atoms with Crippen LogP contribution in [-0.2, 0) is 4.74 Å². The van der Waals surface area contributed by atoms with Crippen molar-refractivity contribution in [2.75, 3.05) is 13.2 Å². The van der Waals surface area contributed by atoms with E-state index in [0.29, 0.717) is 0 Å². The Hall–Kier alpha value is -0.560. The molecule has 2 rings (SSSR count). The van der Waals surface area contributed by atoms with Crippen molar-refractivity contribution in [3.05, 3.63) is 23.3 Å². The Labute approximate surface area is 67.7 Å². The van der Waals surface area contributed by atoms with Crippen molar-refractivity contribution in [2.24, 2.45) is 0 Å². The van der Waals surface area contributed by atoms with E-state index in [9.17, 15) is 0 Å². The molecule has 0 aromatic heterocycles. The number of rotatable bonds is 4. The Bertz CT molecular complexity index is 167. The van der Waals surface area contributed by atoms with Crippen LogP contribution in [0.25, 0.3) is 0 Å². The first-order valence-electron chi connectivity index (χ1n) is 4.39. The van der Waals surface area contributed by atoms with Gasteiger partial charge >= 0.3 is 0 Å². The van der Waals surface area contributed by atoms with Crippen molar-refractivity contribution in [2.45, 2.75) is 25.7 Å². The second-order valence-electron chi connectivity index (χ2n) is 3.26. The Morgan fingerprint density at radius 1 is 0.909 bits per heavy atom. The summed E-state index contributed by atoms with van der Waals surface area (Å²) in [4.78, 5) is 0. The molecular weight excluding hydrogens is 136 g/mol. The maximum absolute atomic E-state index is 5.38. The first-order chi connectivity index (χ1) is 5.45. The summed E-state index contributed by atoms with van der Waals surface area (Å²) in [6.07, 6.45) is 9.67. The number of ether oxygens (including phenoxy) is 1. The average Bonchev–Trinajstić information content (AvgIpc) is 2.83. The van der Waals surface area contributed by atoms with Crippen molar-refractivity contribution in [1.82, 2.24) is 0 Å². The lowest BCUT2D eigenvalue weighted by Crippen LogP contribution is -1.89. The average molecular weight is 150 g/mol. The zero-order chi connectivity index (χ0) is 7.52. The summed E-state index contributed by atoms with van der Waals surface area (Å²) in [6.45, 7) is 1.64. The summed E-state index contributed by atoms with van der Waals surface area (Å²) in [7, 11) is 0. The first-order valence-corrected chi connectivity index (χ1v) is 4.39. The Balaban J connectivity index is 1.53. The smallest absolute Gasteiger partial charge is 0.0654 e. The van der Waals surface area contributed by atoms with E-state index in [1.54, 1.807) is 11.1 Å². The standard InChI is InChI=1S/C10H14O/c1-2-9(1)5-7-11-8-6-10-3-4-10/h5-6H,1-4,7-8H2. The molecule has 0 aromatic rings. The number of hydrogen-bond donors (Lipinski definition) is 0. The van der Waals surface area contributed by atoms with Crippen LogP contribution >= 0.6 is 0 Å². The van der Waals surface area contributed by atoms with E-state index < -0.39 is 0 Å². The molecule has 0 bridgehead atoms. The lowest BCUT2D eigenvalue weighted by Gasteiger charge is -1.92. The minimum atomic E-state index is 0.819. The molecule has 0 unspecified atom stereocenters. The Kier molecular flexibility index (Phi) is 2.08. The van der Waals surface area contributed by atoms with Crippen LogP contribution in [0.5, 0.6) is 0 Å². The van der Waals surface area contributed by atoms with Gasteiger partial charge in [0.1, 0.15) is 0 Å². The molecule has 0 spiro atoms.